The van der Waals surface area contributed by atoms with Crippen molar-refractivity contribution < 1.29 is 27.3 Å². The standard InChI is InChI=1S/C17H25FN5O5P/c1-5-25-15-12-14(21-16(19)22-15)23(8-20-12)11-6-10-7-26-29(24,27-9(2)3)28-13(10)17(11,4)18/h8-11,13H,5-7H2,1-4H3,(H2,19,21,22)/t10-,11-,13-,17+,29+/m1/s1. The van der Waals surface area contributed by atoms with Crippen LogP contribution in [-0.4, -0.2) is 50.6 Å². The molecule has 1 saturated carbocycles. The highest BCUT2D eigenvalue weighted by molar-refractivity contribution is 7.48. The molecule has 12 heteroatoms. The number of nitrogen functional groups attached to an aromatic ring is 1. The van der Waals surface area contributed by atoms with Gasteiger partial charge in [0.2, 0.25) is 11.8 Å². The van der Waals surface area contributed by atoms with Gasteiger partial charge in [0.1, 0.15) is 6.10 Å². The van der Waals surface area contributed by atoms with Crippen LogP contribution in [-0.2, 0) is 18.1 Å². The van der Waals surface area contributed by atoms with Crippen LogP contribution in [0.25, 0.3) is 11.2 Å². The van der Waals surface area contributed by atoms with Crippen LogP contribution in [0, 0.1) is 5.92 Å². The van der Waals surface area contributed by atoms with Crippen molar-refractivity contribution in [1.82, 2.24) is 19.5 Å². The quantitative estimate of drug-likeness (QED) is 0.714. The van der Waals surface area contributed by atoms with E-state index in [2.05, 4.69) is 15.0 Å². The number of anilines is 1. The van der Waals surface area contributed by atoms with Crippen molar-refractivity contribution >= 4 is 24.9 Å². The molecule has 0 bridgehead atoms. The summed E-state index contributed by atoms with van der Waals surface area (Å²) < 4.78 is 52.1. The van der Waals surface area contributed by atoms with Crippen molar-refractivity contribution in [3.8, 4) is 5.88 Å². The minimum Gasteiger partial charge on any atom is -0.476 e. The zero-order chi connectivity index (χ0) is 21.0. The van der Waals surface area contributed by atoms with Gasteiger partial charge in [-0.2, -0.15) is 9.97 Å². The summed E-state index contributed by atoms with van der Waals surface area (Å²) in [5, 5.41) is 0. The Labute approximate surface area is 167 Å². The average Bonchev–Trinajstić information content (AvgIpc) is 3.13. The fourth-order valence-electron chi connectivity index (χ4n) is 4.06. The maximum Gasteiger partial charge on any atom is 0.475 e. The van der Waals surface area contributed by atoms with Crippen LogP contribution in [0.2, 0.25) is 0 Å². The van der Waals surface area contributed by atoms with E-state index < -0.39 is 25.6 Å². The fraction of sp³-hybridized carbons (Fsp3) is 0.706. The molecular weight excluding hydrogens is 404 g/mol. The summed E-state index contributed by atoms with van der Waals surface area (Å²) in [6, 6.07) is -0.680. The summed E-state index contributed by atoms with van der Waals surface area (Å²) in [4.78, 5) is 12.6. The third kappa shape index (κ3) is 3.50. The fourth-order valence-corrected chi connectivity index (χ4v) is 5.78. The van der Waals surface area contributed by atoms with Gasteiger partial charge in [-0.05, 0) is 34.1 Å². The Hall–Kier alpha value is -1.81. The highest BCUT2D eigenvalue weighted by Gasteiger charge is 2.60. The zero-order valence-corrected chi connectivity index (χ0v) is 17.6. The van der Waals surface area contributed by atoms with Crippen molar-refractivity contribution in [3.05, 3.63) is 6.33 Å². The van der Waals surface area contributed by atoms with Gasteiger partial charge >= 0.3 is 7.82 Å². The number of nitrogens with two attached hydrogens (primary N) is 1. The van der Waals surface area contributed by atoms with Gasteiger partial charge in [0.05, 0.1) is 31.7 Å². The molecule has 0 amide bonds. The molecule has 2 aromatic heterocycles. The van der Waals surface area contributed by atoms with Crippen LogP contribution in [0.4, 0.5) is 10.3 Å². The number of aromatic nitrogens is 4. The first-order valence-corrected chi connectivity index (χ1v) is 11.0. The van der Waals surface area contributed by atoms with E-state index in [1.54, 1.807) is 18.4 Å². The van der Waals surface area contributed by atoms with Gasteiger partial charge in [-0.25, -0.2) is 13.9 Å². The molecule has 2 aliphatic rings. The predicted molar refractivity (Wildman–Crippen MR) is 102 cm³/mol. The van der Waals surface area contributed by atoms with E-state index in [4.69, 9.17) is 24.0 Å². The maximum absolute atomic E-state index is 16.0. The topological polar surface area (TPSA) is 124 Å². The van der Waals surface area contributed by atoms with Gasteiger partial charge in [-0.1, -0.05) is 0 Å². The Kier molecular flexibility index (Phi) is 5.05. The van der Waals surface area contributed by atoms with Gasteiger partial charge in [0, 0.05) is 5.92 Å². The molecule has 10 nitrogen and oxygen atoms in total. The van der Waals surface area contributed by atoms with E-state index >= 15 is 4.39 Å². The van der Waals surface area contributed by atoms with Crippen LogP contribution in [0.3, 0.4) is 0 Å². The summed E-state index contributed by atoms with van der Waals surface area (Å²) in [6.45, 7) is 7.12. The average molecular weight is 429 g/mol. The largest absolute Gasteiger partial charge is 0.476 e. The molecule has 4 rings (SSSR count). The van der Waals surface area contributed by atoms with Gasteiger partial charge in [-0.3, -0.25) is 13.6 Å². The van der Waals surface area contributed by atoms with Crippen LogP contribution in [0.1, 0.15) is 40.2 Å². The van der Waals surface area contributed by atoms with Gasteiger partial charge in [-0.15, -0.1) is 0 Å². The number of halogens is 1. The Morgan fingerprint density at radius 3 is 2.93 bits per heavy atom. The summed E-state index contributed by atoms with van der Waals surface area (Å²) in [7, 11) is -3.83. The van der Waals surface area contributed by atoms with E-state index in [1.807, 2.05) is 6.92 Å². The minimum absolute atomic E-state index is 0.00749. The number of phosphoric ester groups is 1. The lowest BCUT2D eigenvalue weighted by Crippen LogP contribution is -2.42. The molecule has 0 aromatic carbocycles. The van der Waals surface area contributed by atoms with E-state index in [0.717, 1.165) is 0 Å². The number of fused-ring (bicyclic) bond motifs is 2. The van der Waals surface area contributed by atoms with Crippen molar-refractivity contribution in [2.45, 2.75) is 58.0 Å². The Morgan fingerprint density at radius 2 is 2.24 bits per heavy atom. The summed E-state index contributed by atoms with van der Waals surface area (Å²) >= 11 is 0. The molecule has 1 saturated heterocycles. The molecular formula is C17H25FN5O5P. The number of hydrogen-bond acceptors (Lipinski definition) is 9. The van der Waals surface area contributed by atoms with Crippen molar-refractivity contribution in [3.63, 3.8) is 0 Å². The van der Waals surface area contributed by atoms with E-state index in [1.165, 1.54) is 13.3 Å². The number of phosphoric acid groups is 1. The molecule has 2 aromatic rings. The molecule has 5 atom stereocenters. The predicted octanol–water partition coefficient (Wildman–Crippen LogP) is 3.04. The third-order valence-corrected chi connectivity index (χ3v) is 6.85. The number of ether oxygens (including phenoxy) is 1. The monoisotopic (exact) mass is 429 g/mol. The zero-order valence-electron chi connectivity index (χ0n) is 16.7. The lowest BCUT2D eigenvalue weighted by Gasteiger charge is -2.36. The van der Waals surface area contributed by atoms with Crippen LogP contribution >= 0.6 is 7.82 Å². The Bertz CT molecular complexity index is 967. The smallest absolute Gasteiger partial charge is 0.475 e. The van der Waals surface area contributed by atoms with Gasteiger partial charge in [0.15, 0.2) is 16.8 Å². The molecule has 29 heavy (non-hydrogen) atoms. The second-order valence-corrected chi connectivity index (χ2v) is 9.30. The van der Waals surface area contributed by atoms with Crippen molar-refractivity contribution in [2.24, 2.45) is 5.92 Å². The normalized spacial score (nSPS) is 34.6. The SMILES string of the molecule is CCOc1nc(N)nc2c1ncn2[C@@H]1C[C@@H]2CO[P@@](=O)(OC(C)C)O[C@H]2[C@@]1(C)F. The van der Waals surface area contributed by atoms with E-state index in [-0.39, 0.29) is 30.5 Å². The Morgan fingerprint density at radius 1 is 1.48 bits per heavy atom. The first-order valence-electron chi connectivity index (χ1n) is 9.57. The summed E-state index contributed by atoms with van der Waals surface area (Å²) in [5.74, 6) is -0.0388. The molecule has 3 heterocycles. The van der Waals surface area contributed by atoms with Crippen LogP contribution in [0.5, 0.6) is 5.88 Å². The molecule has 2 N–H and O–H groups in total. The number of alkyl halides is 1. The molecule has 2 fully saturated rings. The first-order chi connectivity index (χ1) is 13.6. The number of imidazole rings is 1. The molecule has 160 valence electrons. The summed E-state index contributed by atoms with van der Waals surface area (Å²) in [5.41, 5.74) is 4.71. The third-order valence-electron chi connectivity index (χ3n) is 5.21. The van der Waals surface area contributed by atoms with Gasteiger partial charge < -0.3 is 15.0 Å². The molecule has 1 aliphatic carbocycles. The molecule has 0 unspecified atom stereocenters. The van der Waals surface area contributed by atoms with E-state index in [9.17, 15) is 4.57 Å². The second kappa shape index (κ2) is 7.16. The van der Waals surface area contributed by atoms with Crippen molar-refractivity contribution in [2.75, 3.05) is 18.9 Å². The molecule has 0 spiro atoms. The molecule has 1 aliphatic heterocycles. The second-order valence-electron chi connectivity index (χ2n) is 7.73. The van der Waals surface area contributed by atoms with Crippen LogP contribution < -0.4 is 10.5 Å². The Balaban J connectivity index is 1.70. The van der Waals surface area contributed by atoms with Crippen LogP contribution in [0.15, 0.2) is 6.33 Å². The van der Waals surface area contributed by atoms with E-state index in [0.29, 0.717) is 24.2 Å². The highest BCUT2D eigenvalue weighted by atomic mass is 31.2. The number of nitrogens with zero attached hydrogens (tertiary/aromatic N) is 4. The minimum atomic E-state index is -3.83. The lowest BCUT2D eigenvalue weighted by molar-refractivity contribution is -0.0620. The van der Waals surface area contributed by atoms with Gasteiger partial charge in [0.25, 0.3) is 0 Å². The number of rotatable bonds is 5. The lowest BCUT2D eigenvalue weighted by atomic mass is 9.98. The molecule has 0 radical (unpaired) electrons. The first kappa shape index (κ1) is 20.5. The van der Waals surface area contributed by atoms with Crippen molar-refractivity contribution in [1.29, 1.82) is 0 Å². The maximum atomic E-state index is 16.0. The highest BCUT2D eigenvalue weighted by Crippen LogP contribution is 2.62. The number of hydrogen-bond donors (Lipinski definition) is 1. The summed E-state index contributed by atoms with van der Waals surface area (Å²) in [6.07, 6.45) is 0.550.